The van der Waals surface area contributed by atoms with E-state index in [1.54, 1.807) is 0 Å². The molecule has 1 N–H and O–H groups in total. The van der Waals surface area contributed by atoms with E-state index < -0.39 is 15.9 Å². The van der Waals surface area contributed by atoms with Crippen molar-refractivity contribution in [3.8, 4) is 12.0 Å². The molecule has 0 saturated carbocycles. The Bertz CT molecular complexity index is 483. The lowest BCUT2D eigenvalue weighted by Crippen LogP contribution is -2.14. The SMILES string of the molecule is CCCCCCCCCCC#COCCOCCOCCOCCS(=O)(=O)O. The Hall–Kier alpha value is -0.850. The molecule has 0 saturated heterocycles. The average Bonchev–Trinajstić information content (AvgIpc) is 2.65. The molecule has 0 unspecified atom stereocenters. The minimum atomic E-state index is -3.96. The first kappa shape index (κ1) is 27.1. The molecule has 0 aromatic carbocycles. The molecular formula is C20H38O7S. The summed E-state index contributed by atoms with van der Waals surface area (Å²) in [4.78, 5) is 0. The third kappa shape index (κ3) is 25.1. The highest BCUT2D eigenvalue weighted by Crippen LogP contribution is 2.09. The summed E-state index contributed by atoms with van der Waals surface area (Å²) in [5.74, 6) is 2.62. The summed E-state index contributed by atoms with van der Waals surface area (Å²) in [6, 6.07) is 0. The van der Waals surface area contributed by atoms with Gasteiger partial charge >= 0.3 is 0 Å². The molecule has 0 bridgehead atoms. The van der Waals surface area contributed by atoms with Crippen molar-refractivity contribution in [2.75, 3.05) is 52.0 Å². The Labute approximate surface area is 171 Å². The van der Waals surface area contributed by atoms with Crippen LogP contribution in [0.15, 0.2) is 0 Å². The van der Waals surface area contributed by atoms with E-state index in [4.69, 9.17) is 23.5 Å². The van der Waals surface area contributed by atoms with Gasteiger partial charge in [-0.15, -0.1) is 0 Å². The van der Waals surface area contributed by atoms with Crippen LogP contribution in [-0.2, 0) is 29.1 Å². The lowest BCUT2D eigenvalue weighted by atomic mass is 10.1. The maximum absolute atomic E-state index is 10.4. The first-order valence-corrected chi connectivity index (χ1v) is 11.9. The highest BCUT2D eigenvalue weighted by atomic mass is 32.2. The van der Waals surface area contributed by atoms with Crippen LogP contribution < -0.4 is 0 Å². The molecule has 0 aromatic rings. The summed E-state index contributed by atoms with van der Waals surface area (Å²) in [6.07, 6.45) is 14.0. The van der Waals surface area contributed by atoms with Crippen LogP contribution in [0.4, 0.5) is 0 Å². The third-order valence-electron chi connectivity index (χ3n) is 3.86. The van der Waals surface area contributed by atoms with Crippen LogP contribution in [-0.4, -0.2) is 65.0 Å². The summed E-state index contributed by atoms with van der Waals surface area (Å²) in [5.41, 5.74) is 0. The summed E-state index contributed by atoms with van der Waals surface area (Å²) >= 11 is 0. The number of ether oxygens (including phenoxy) is 4. The monoisotopic (exact) mass is 422 g/mol. The molecule has 0 aliphatic carbocycles. The van der Waals surface area contributed by atoms with Gasteiger partial charge in [0.05, 0.1) is 45.4 Å². The third-order valence-corrected chi connectivity index (χ3v) is 4.54. The van der Waals surface area contributed by atoms with Crippen LogP contribution >= 0.6 is 0 Å². The van der Waals surface area contributed by atoms with Gasteiger partial charge in [-0.25, -0.2) is 0 Å². The predicted octanol–water partition coefficient (Wildman–Crippen LogP) is 3.43. The van der Waals surface area contributed by atoms with E-state index in [0.717, 1.165) is 12.8 Å². The summed E-state index contributed by atoms with van der Waals surface area (Å²) < 4.78 is 50.2. The van der Waals surface area contributed by atoms with E-state index in [1.165, 1.54) is 44.9 Å². The molecule has 0 aromatic heterocycles. The Balaban J connectivity index is 3.15. The number of hydrogen-bond acceptors (Lipinski definition) is 6. The number of unbranched alkanes of at least 4 members (excludes halogenated alkanes) is 8. The molecule has 0 rings (SSSR count). The summed E-state index contributed by atoms with van der Waals surface area (Å²) in [5, 5.41) is 0. The smallest absolute Gasteiger partial charge is 0.267 e. The van der Waals surface area contributed by atoms with Gasteiger partial charge in [0.15, 0.2) is 0 Å². The molecule has 0 spiro atoms. The molecule has 0 atom stereocenters. The molecule has 0 radical (unpaired) electrons. The summed E-state index contributed by atoms with van der Waals surface area (Å²) in [6.45, 7) is 4.57. The van der Waals surface area contributed by atoms with Crippen molar-refractivity contribution in [3.05, 3.63) is 0 Å². The molecule has 0 aliphatic rings. The second-order valence-corrected chi connectivity index (χ2v) is 8.05. The topological polar surface area (TPSA) is 91.3 Å². The lowest BCUT2D eigenvalue weighted by Gasteiger charge is -2.06. The van der Waals surface area contributed by atoms with Gasteiger partial charge in [0, 0.05) is 6.42 Å². The van der Waals surface area contributed by atoms with Gasteiger partial charge < -0.3 is 18.9 Å². The van der Waals surface area contributed by atoms with Crippen molar-refractivity contribution in [1.82, 2.24) is 0 Å². The first-order chi connectivity index (χ1) is 13.6. The Morgan fingerprint density at radius 1 is 0.714 bits per heavy atom. The lowest BCUT2D eigenvalue weighted by molar-refractivity contribution is 0.00971. The molecule has 8 heteroatoms. The molecule has 7 nitrogen and oxygen atoms in total. The second kappa shape index (κ2) is 20.9. The maximum atomic E-state index is 10.4. The van der Waals surface area contributed by atoms with Crippen molar-refractivity contribution in [3.63, 3.8) is 0 Å². The van der Waals surface area contributed by atoms with Crippen LogP contribution in [0.3, 0.4) is 0 Å². The maximum Gasteiger partial charge on any atom is 0.267 e. The molecular weight excluding hydrogens is 384 g/mol. The van der Waals surface area contributed by atoms with Gasteiger partial charge in [0.25, 0.3) is 10.1 Å². The van der Waals surface area contributed by atoms with Crippen molar-refractivity contribution in [2.45, 2.75) is 64.7 Å². The zero-order valence-corrected chi connectivity index (χ0v) is 18.1. The van der Waals surface area contributed by atoms with E-state index in [9.17, 15) is 8.42 Å². The Morgan fingerprint density at radius 3 is 1.79 bits per heavy atom. The van der Waals surface area contributed by atoms with Crippen LogP contribution in [0.2, 0.25) is 0 Å². The van der Waals surface area contributed by atoms with Crippen molar-refractivity contribution in [1.29, 1.82) is 0 Å². The fourth-order valence-corrected chi connectivity index (χ4v) is 2.64. The fourth-order valence-electron chi connectivity index (χ4n) is 2.31. The van der Waals surface area contributed by atoms with E-state index in [1.807, 2.05) is 0 Å². The van der Waals surface area contributed by atoms with Gasteiger partial charge in [0.1, 0.15) is 12.7 Å². The largest absolute Gasteiger partial charge is 0.444 e. The van der Waals surface area contributed by atoms with Crippen LogP contribution in [0.25, 0.3) is 0 Å². The van der Waals surface area contributed by atoms with Gasteiger partial charge in [0.2, 0.25) is 0 Å². The average molecular weight is 423 g/mol. The highest BCUT2D eigenvalue weighted by molar-refractivity contribution is 7.85. The number of hydrogen-bond donors (Lipinski definition) is 1. The Morgan fingerprint density at radius 2 is 1.21 bits per heavy atom. The predicted molar refractivity (Wildman–Crippen MR) is 110 cm³/mol. The minimum absolute atomic E-state index is 0.0455. The fraction of sp³-hybridized carbons (Fsp3) is 0.900. The van der Waals surface area contributed by atoms with Gasteiger partial charge in [-0.2, -0.15) is 8.42 Å². The molecule has 0 amide bonds. The molecule has 28 heavy (non-hydrogen) atoms. The van der Waals surface area contributed by atoms with E-state index in [0.29, 0.717) is 33.0 Å². The van der Waals surface area contributed by atoms with E-state index >= 15 is 0 Å². The van der Waals surface area contributed by atoms with Gasteiger partial charge in [-0.1, -0.05) is 57.8 Å². The van der Waals surface area contributed by atoms with Crippen LogP contribution in [0.5, 0.6) is 0 Å². The molecule has 166 valence electrons. The number of rotatable bonds is 20. The van der Waals surface area contributed by atoms with E-state index in [-0.39, 0.29) is 13.2 Å². The standard InChI is InChI=1S/C20H38O7S/c1-2-3-4-5-6-7-8-9-10-11-12-24-13-14-25-15-16-26-17-18-27-19-20-28(21,22)23/h2-10,13-20H2,1H3,(H,21,22,23). The second-order valence-electron chi connectivity index (χ2n) is 6.48. The zero-order chi connectivity index (χ0) is 20.8. The molecule has 0 fully saturated rings. The van der Waals surface area contributed by atoms with Crippen LogP contribution in [0, 0.1) is 12.0 Å². The van der Waals surface area contributed by atoms with Crippen molar-refractivity contribution in [2.24, 2.45) is 0 Å². The quantitative estimate of drug-likeness (QED) is 0.183. The summed E-state index contributed by atoms with van der Waals surface area (Å²) in [7, 11) is -3.96. The highest BCUT2D eigenvalue weighted by Gasteiger charge is 2.03. The van der Waals surface area contributed by atoms with Gasteiger partial charge in [-0.3, -0.25) is 4.55 Å². The van der Waals surface area contributed by atoms with Gasteiger partial charge in [-0.05, 0) is 6.42 Å². The zero-order valence-electron chi connectivity index (χ0n) is 17.3. The normalized spacial score (nSPS) is 11.2. The van der Waals surface area contributed by atoms with Crippen molar-refractivity contribution < 1.29 is 31.9 Å². The Kier molecular flexibility index (Phi) is 20.2. The molecule has 0 aliphatic heterocycles. The van der Waals surface area contributed by atoms with Crippen LogP contribution in [0.1, 0.15) is 64.7 Å². The molecule has 0 heterocycles. The minimum Gasteiger partial charge on any atom is -0.444 e. The first-order valence-electron chi connectivity index (χ1n) is 10.3. The van der Waals surface area contributed by atoms with E-state index in [2.05, 4.69) is 19.0 Å². The van der Waals surface area contributed by atoms with Crippen molar-refractivity contribution >= 4 is 10.1 Å².